The number of methoxy groups -OCH3 is 2. The minimum absolute atomic E-state index is 0.0814. The van der Waals surface area contributed by atoms with Crippen LogP contribution in [0.5, 0.6) is 17.2 Å². The third-order valence-corrected chi connectivity index (χ3v) is 3.75. The van der Waals surface area contributed by atoms with Gasteiger partial charge >= 0.3 is 6.61 Å². The number of para-hydroxylation sites is 2. The van der Waals surface area contributed by atoms with Crippen molar-refractivity contribution in [2.75, 3.05) is 14.2 Å². The molecule has 0 spiro atoms. The molecule has 0 fully saturated rings. The van der Waals surface area contributed by atoms with Gasteiger partial charge in [0.15, 0.2) is 17.1 Å². The Morgan fingerprint density at radius 2 is 1.81 bits per heavy atom. The molecule has 0 radical (unpaired) electrons. The van der Waals surface area contributed by atoms with Gasteiger partial charge in [0.2, 0.25) is 11.6 Å². The summed E-state index contributed by atoms with van der Waals surface area (Å²) in [5.74, 6) is 0.203. The number of hydrogen-bond acceptors (Lipinski definition) is 5. The highest BCUT2D eigenvalue weighted by Gasteiger charge is 2.18. The lowest BCUT2D eigenvalue weighted by molar-refractivity contribution is -0.0526. The quantitative estimate of drug-likeness (QED) is 0.588. The monoisotopic (exact) mass is 381 g/mol. The fourth-order valence-electron chi connectivity index (χ4n) is 2.37. The number of rotatable bonds is 6. The zero-order chi connectivity index (χ0) is 18.7. The van der Waals surface area contributed by atoms with Gasteiger partial charge in [0.25, 0.3) is 0 Å². The molecule has 0 saturated carbocycles. The van der Waals surface area contributed by atoms with Crippen LogP contribution in [0.25, 0.3) is 22.2 Å². The number of nitrogens with zero attached hydrogens (tertiary/aromatic N) is 1. The Bertz CT molecular complexity index is 897. The minimum atomic E-state index is -3.01. The second-order valence-corrected chi connectivity index (χ2v) is 5.52. The van der Waals surface area contributed by atoms with Gasteiger partial charge in [-0.05, 0) is 35.9 Å². The molecule has 0 bridgehead atoms. The van der Waals surface area contributed by atoms with Crippen LogP contribution in [-0.4, -0.2) is 25.8 Å². The SMILES string of the molecule is COc1cc(/C=C(\Cl)c2nc3ccccc3o2)cc(OC)c1OC(F)F. The van der Waals surface area contributed by atoms with E-state index in [4.69, 9.17) is 25.5 Å². The van der Waals surface area contributed by atoms with Crippen molar-refractivity contribution in [3.05, 3.63) is 47.9 Å². The van der Waals surface area contributed by atoms with E-state index in [2.05, 4.69) is 9.72 Å². The summed E-state index contributed by atoms with van der Waals surface area (Å²) in [6.45, 7) is -3.01. The van der Waals surface area contributed by atoms with Crippen molar-refractivity contribution in [3.8, 4) is 17.2 Å². The van der Waals surface area contributed by atoms with Gasteiger partial charge < -0.3 is 18.6 Å². The van der Waals surface area contributed by atoms with E-state index in [1.807, 2.05) is 12.1 Å². The van der Waals surface area contributed by atoms with Gasteiger partial charge in [0.1, 0.15) is 10.5 Å². The molecule has 0 saturated heterocycles. The van der Waals surface area contributed by atoms with Crippen LogP contribution in [-0.2, 0) is 0 Å². The largest absolute Gasteiger partial charge is 0.493 e. The van der Waals surface area contributed by atoms with Crippen LogP contribution in [0, 0.1) is 0 Å². The van der Waals surface area contributed by atoms with Crippen LogP contribution in [0.4, 0.5) is 8.78 Å². The second-order valence-electron chi connectivity index (χ2n) is 5.11. The average molecular weight is 382 g/mol. The van der Waals surface area contributed by atoms with Crippen LogP contribution >= 0.6 is 11.6 Å². The average Bonchev–Trinajstić information content (AvgIpc) is 3.06. The molecule has 26 heavy (non-hydrogen) atoms. The molecule has 5 nitrogen and oxygen atoms in total. The molecule has 8 heteroatoms. The molecular formula is C18H14ClF2NO4. The molecule has 0 unspecified atom stereocenters. The summed E-state index contributed by atoms with van der Waals surface area (Å²) >= 11 is 6.30. The zero-order valence-electron chi connectivity index (χ0n) is 13.8. The molecule has 0 atom stereocenters. The van der Waals surface area contributed by atoms with Gasteiger partial charge in [-0.25, -0.2) is 4.98 Å². The van der Waals surface area contributed by atoms with Gasteiger partial charge in [-0.2, -0.15) is 8.78 Å². The van der Waals surface area contributed by atoms with Crippen molar-refractivity contribution in [2.45, 2.75) is 6.61 Å². The Morgan fingerprint density at radius 3 is 2.38 bits per heavy atom. The first kappa shape index (κ1) is 18.0. The number of alkyl halides is 2. The molecule has 0 aliphatic carbocycles. The van der Waals surface area contributed by atoms with E-state index in [1.165, 1.54) is 26.4 Å². The molecule has 1 heterocycles. The van der Waals surface area contributed by atoms with Crippen molar-refractivity contribution >= 4 is 33.8 Å². The summed E-state index contributed by atoms with van der Waals surface area (Å²) in [7, 11) is 2.67. The van der Waals surface area contributed by atoms with E-state index < -0.39 is 6.61 Å². The lowest BCUT2D eigenvalue weighted by atomic mass is 10.1. The number of halogens is 3. The van der Waals surface area contributed by atoms with Gasteiger partial charge in [-0.1, -0.05) is 23.7 Å². The van der Waals surface area contributed by atoms with Crippen LogP contribution < -0.4 is 14.2 Å². The molecule has 2 aromatic carbocycles. The van der Waals surface area contributed by atoms with Crippen molar-refractivity contribution < 1.29 is 27.4 Å². The summed E-state index contributed by atoms with van der Waals surface area (Å²) < 4.78 is 45.5. The van der Waals surface area contributed by atoms with E-state index in [-0.39, 0.29) is 28.2 Å². The van der Waals surface area contributed by atoms with Crippen LogP contribution in [0.3, 0.4) is 0 Å². The lowest BCUT2D eigenvalue weighted by Gasteiger charge is -2.14. The first-order valence-electron chi connectivity index (χ1n) is 7.45. The van der Waals surface area contributed by atoms with Gasteiger partial charge in [0, 0.05) is 0 Å². The Labute approximate surface area is 152 Å². The van der Waals surface area contributed by atoms with Crippen LogP contribution in [0.2, 0.25) is 0 Å². The standard InChI is InChI=1S/C18H14ClF2NO4/c1-23-14-8-10(9-15(24-2)16(14)26-18(20)21)7-11(19)17-22-12-5-3-4-6-13(12)25-17/h3-9,18H,1-2H3/b11-7-. The first-order valence-corrected chi connectivity index (χ1v) is 7.83. The first-order chi connectivity index (χ1) is 12.5. The smallest absolute Gasteiger partial charge is 0.387 e. The van der Waals surface area contributed by atoms with Crippen molar-refractivity contribution in [1.82, 2.24) is 4.98 Å². The van der Waals surface area contributed by atoms with Gasteiger partial charge in [-0.3, -0.25) is 0 Å². The number of oxazole rings is 1. The van der Waals surface area contributed by atoms with Gasteiger partial charge in [0.05, 0.1) is 14.2 Å². The Morgan fingerprint density at radius 1 is 1.15 bits per heavy atom. The molecule has 1 aromatic heterocycles. The molecule has 136 valence electrons. The van der Waals surface area contributed by atoms with Crippen LogP contribution in [0.15, 0.2) is 40.8 Å². The highest BCUT2D eigenvalue weighted by Crippen LogP contribution is 2.40. The molecule has 0 N–H and O–H groups in total. The maximum atomic E-state index is 12.6. The summed E-state index contributed by atoms with van der Waals surface area (Å²) in [5, 5.41) is 0.229. The minimum Gasteiger partial charge on any atom is -0.493 e. The van der Waals surface area contributed by atoms with E-state index in [0.717, 1.165) is 0 Å². The number of aromatic nitrogens is 1. The second kappa shape index (κ2) is 7.61. The molecule has 0 aliphatic rings. The topological polar surface area (TPSA) is 53.7 Å². The maximum absolute atomic E-state index is 12.6. The Kier molecular flexibility index (Phi) is 5.27. The summed E-state index contributed by atoms with van der Waals surface area (Å²) in [4.78, 5) is 4.30. The highest BCUT2D eigenvalue weighted by molar-refractivity contribution is 6.50. The third-order valence-electron chi connectivity index (χ3n) is 3.48. The van der Waals surface area contributed by atoms with E-state index in [9.17, 15) is 8.78 Å². The number of ether oxygens (including phenoxy) is 3. The van der Waals surface area contributed by atoms with Crippen molar-refractivity contribution in [2.24, 2.45) is 0 Å². The predicted molar refractivity (Wildman–Crippen MR) is 93.9 cm³/mol. The maximum Gasteiger partial charge on any atom is 0.387 e. The highest BCUT2D eigenvalue weighted by atomic mass is 35.5. The number of benzene rings is 2. The molecule has 3 aromatic rings. The molecule has 3 rings (SSSR count). The fourth-order valence-corrected chi connectivity index (χ4v) is 2.58. The number of hydrogen-bond donors (Lipinski definition) is 0. The third kappa shape index (κ3) is 3.72. The van der Waals surface area contributed by atoms with E-state index in [1.54, 1.807) is 18.2 Å². The summed E-state index contributed by atoms with van der Waals surface area (Å²) in [6, 6.07) is 10.2. The van der Waals surface area contributed by atoms with E-state index >= 15 is 0 Å². The Balaban J connectivity index is 2.01. The molecular weight excluding hydrogens is 368 g/mol. The molecule has 0 aliphatic heterocycles. The number of fused-ring (bicyclic) bond motifs is 1. The predicted octanol–water partition coefficient (Wildman–Crippen LogP) is 5.18. The van der Waals surface area contributed by atoms with Crippen molar-refractivity contribution in [3.63, 3.8) is 0 Å². The normalized spacial score (nSPS) is 11.8. The lowest BCUT2D eigenvalue weighted by Crippen LogP contribution is -2.05. The Hall–Kier alpha value is -2.80. The van der Waals surface area contributed by atoms with Gasteiger partial charge in [-0.15, -0.1) is 0 Å². The molecule has 0 amide bonds. The zero-order valence-corrected chi connectivity index (χ0v) is 14.6. The summed E-state index contributed by atoms with van der Waals surface area (Å²) in [5.41, 5.74) is 1.81. The fraction of sp³-hybridized carbons (Fsp3) is 0.167. The summed E-state index contributed by atoms with van der Waals surface area (Å²) in [6.07, 6.45) is 1.56. The van der Waals surface area contributed by atoms with E-state index in [0.29, 0.717) is 16.7 Å². The van der Waals surface area contributed by atoms with Crippen LogP contribution in [0.1, 0.15) is 11.5 Å². The van der Waals surface area contributed by atoms with Crippen molar-refractivity contribution in [1.29, 1.82) is 0 Å².